The van der Waals surface area contributed by atoms with Gasteiger partial charge in [-0.2, -0.15) is 0 Å². The highest BCUT2D eigenvalue weighted by Crippen LogP contribution is 2.57. The van der Waals surface area contributed by atoms with Crippen LogP contribution >= 0.6 is 0 Å². The van der Waals surface area contributed by atoms with Gasteiger partial charge in [0.15, 0.2) is 0 Å². The SMILES string of the molecule is c1ccc(C2(c3ccccc3)c3ccccc3-c3ccc(-c4ccc5oc6cc7c(cc6c5c4)oc4ccc(-c5cccc(-c6cccc(-c8ccc9c%10ccccc%10c%10ccccc%10c9c8)c6)c5)cc47)cc32)cc1. The van der Waals surface area contributed by atoms with E-state index in [-0.39, 0.29) is 0 Å². The van der Waals surface area contributed by atoms with Gasteiger partial charge in [-0.25, -0.2) is 0 Å². The fraction of sp³-hybridized carbons (Fsp3) is 0.0137. The molecule has 13 aromatic carbocycles. The normalized spacial score (nSPS) is 12.9. The lowest BCUT2D eigenvalue weighted by molar-refractivity contribution is 0.664. The van der Waals surface area contributed by atoms with Crippen LogP contribution in [0.4, 0.5) is 0 Å². The number of fused-ring (bicyclic) bond motifs is 15. The zero-order valence-corrected chi connectivity index (χ0v) is 40.7. The van der Waals surface area contributed by atoms with E-state index in [0.717, 1.165) is 66.1 Å². The Balaban J connectivity index is 0.752. The standard InChI is InChI=1S/C73H44O2/c1-3-19-53(20-4-1)73(54-21-5-2-6-22-54)67-28-12-11-27-60(67)61-34-30-52(42-68(61)73)51-32-36-70-64(41-51)66-44-71-65(43-72(66)75-70)63-40-50(31-35-69(63)74-71)48-18-14-16-46(38-48)45-15-13-17-47(37-45)49-29-33-59-57-25-8-7-23-55(57)56-24-9-10-26-58(56)62(59)39-49/h1-44H. The van der Waals surface area contributed by atoms with Crippen molar-refractivity contribution >= 4 is 76.2 Å². The lowest BCUT2D eigenvalue weighted by Crippen LogP contribution is -2.28. The molecule has 0 aliphatic heterocycles. The molecule has 0 radical (unpaired) electrons. The Kier molecular flexibility index (Phi) is 8.99. The summed E-state index contributed by atoms with van der Waals surface area (Å²) < 4.78 is 13.3. The lowest BCUT2D eigenvalue weighted by atomic mass is 9.67. The van der Waals surface area contributed by atoms with Gasteiger partial charge in [0.1, 0.15) is 22.3 Å². The summed E-state index contributed by atoms with van der Waals surface area (Å²) in [7, 11) is 0. The van der Waals surface area contributed by atoms with Crippen molar-refractivity contribution in [1.82, 2.24) is 0 Å². The summed E-state index contributed by atoms with van der Waals surface area (Å²) in [6, 6.07) is 97.8. The van der Waals surface area contributed by atoms with Crippen molar-refractivity contribution in [2.45, 2.75) is 5.41 Å². The quantitative estimate of drug-likeness (QED) is 0.155. The van der Waals surface area contributed by atoms with Crippen molar-refractivity contribution in [2.24, 2.45) is 0 Å². The van der Waals surface area contributed by atoms with Gasteiger partial charge in [-0.3, -0.25) is 0 Å². The minimum absolute atomic E-state index is 0.467. The van der Waals surface area contributed by atoms with E-state index < -0.39 is 5.41 Å². The molecule has 0 saturated carbocycles. The summed E-state index contributed by atoms with van der Waals surface area (Å²) >= 11 is 0. The van der Waals surface area contributed by atoms with E-state index in [9.17, 15) is 0 Å². The smallest absolute Gasteiger partial charge is 0.136 e. The van der Waals surface area contributed by atoms with Crippen LogP contribution in [0.25, 0.3) is 132 Å². The van der Waals surface area contributed by atoms with E-state index in [1.807, 2.05) is 0 Å². The number of hydrogen-bond acceptors (Lipinski definition) is 2. The molecule has 0 saturated heterocycles. The molecule has 0 amide bonds. The molecule has 2 aromatic heterocycles. The Labute approximate surface area is 433 Å². The molecule has 75 heavy (non-hydrogen) atoms. The maximum Gasteiger partial charge on any atom is 0.136 e. The van der Waals surface area contributed by atoms with E-state index in [1.165, 1.54) is 88.0 Å². The predicted octanol–water partition coefficient (Wildman–Crippen LogP) is 20.0. The van der Waals surface area contributed by atoms with Gasteiger partial charge in [0.2, 0.25) is 0 Å². The zero-order valence-electron chi connectivity index (χ0n) is 40.7. The summed E-state index contributed by atoms with van der Waals surface area (Å²) in [4.78, 5) is 0. The maximum absolute atomic E-state index is 6.67. The average Bonchev–Trinajstić information content (AvgIpc) is 4.14. The topological polar surface area (TPSA) is 26.3 Å². The lowest BCUT2D eigenvalue weighted by Gasteiger charge is -2.34. The summed E-state index contributed by atoms with van der Waals surface area (Å²) in [6.45, 7) is 0. The predicted molar refractivity (Wildman–Crippen MR) is 313 cm³/mol. The Morgan fingerprint density at radius 2 is 0.573 bits per heavy atom. The Morgan fingerprint density at radius 1 is 0.200 bits per heavy atom. The van der Waals surface area contributed by atoms with E-state index in [2.05, 4.69) is 267 Å². The highest BCUT2D eigenvalue weighted by atomic mass is 16.3. The molecule has 1 aliphatic carbocycles. The minimum Gasteiger partial charge on any atom is -0.456 e. The van der Waals surface area contributed by atoms with Gasteiger partial charge >= 0.3 is 0 Å². The molecule has 16 rings (SSSR count). The third-order valence-corrected chi connectivity index (χ3v) is 16.3. The van der Waals surface area contributed by atoms with Gasteiger partial charge in [-0.05, 0) is 171 Å². The van der Waals surface area contributed by atoms with Crippen LogP contribution in [0.3, 0.4) is 0 Å². The number of benzene rings is 13. The fourth-order valence-corrected chi connectivity index (χ4v) is 12.9. The largest absolute Gasteiger partial charge is 0.456 e. The Bertz CT molecular complexity index is 4750. The third-order valence-electron chi connectivity index (χ3n) is 16.3. The monoisotopic (exact) mass is 952 g/mol. The third kappa shape index (κ3) is 6.27. The Hall–Kier alpha value is -9.76. The molecule has 15 aromatic rings. The molecule has 1 aliphatic rings. The first-order chi connectivity index (χ1) is 37.1. The minimum atomic E-state index is -0.467. The first kappa shape index (κ1) is 41.8. The van der Waals surface area contributed by atoms with Crippen LogP contribution in [-0.2, 0) is 5.41 Å². The highest BCUT2D eigenvalue weighted by molar-refractivity contribution is 6.26. The molecule has 348 valence electrons. The molecule has 2 nitrogen and oxygen atoms in total. The van der Waals surface area contributed by atoms with E-state index in [1.54, 1.807) is 0 Å². The first-order valence-electron chi connectivity index (χ1n) is 25.9. The molecule has 0 spiro atoms. The molecule has 0 N–H and O–H groups in total. The number of furan rings is 2. The molecule has 0 fully saturated rings. The van der Waals surface area contributed by atoms with Crippen molar-refractivity contribution in [3.05, 3.63) is 289 Å². The van der Waals surface area contributed by atoms with Crippen LogP contribution in [0, 0.1) is 0 Å². The van der Waals surface area contributed by atoms with Gasteiger partial charge in [-0.1, -0.05) is 206 Å². The Morgan fingerprint density at radius 3 is 1.11 bits per heavy atom. The number of hydrogen-bond donors (Lipinski definition) is 0. The van der Waals surface area contributed by atoms with Gasteiger partial charge in [0, 0.05) is 21.5 Å². The highest BCUT2D eigenvalue weighted by Gasteiger charge is 2.46. The fourth-order valence-electron chi connectivity index (χ4n) is 12.9. The summed E-state index contributed by atoms with van der Waals surface area (Å²) in [5.41, 5.74) is 19.9. The van der Waals surface area contributed by atoms with Crippen LogP contribution in [0.15, 0.2) is 276 Å². The molecule has 0 unspecified atom stereocenters. The van der Waals surface area contributed by atoms with Crippen LogP contribution in [-0.4, -0.2) is 0 Å². The molecule has 2 heterocycles. The summed E-state index contributed by atoms with van der Waals surface area (Å²) in [5, 5.41) is 11.9. The van der Waals surface area contributed by atoms with Crippen LogP contribution in [0.1, 0.15) is 22.3 Å². The second-order valence-corrected chi connectivity index (χ2v) is 20.3. The van der Waals surface area contributed by atoms with Crippen LogP contribution < -0.4 is 0 Å². The van der Waals surface area contributed by atoms with Crippen molar-refractivity contribution in [3.8, 4) is 55.6 Å². The van der Waals surface area contributed by atoms with Crippen molar-refractivity contribution in [3.63, 3.8) is 0 Å². The van der Waals surface area contributed by atoms with E-state index in [0.29, 0.717) is 0 Å². The van der Waals surface area contributed by atoms with Gasteiger partial charge in [0.25, 0.3) is 0 Å². The van der Waals surface area contributed by atoms with Crippen molar-refractivity contribution in [1.29, 1.82) is 0 Å². The van der Waals surface area contributed by atoms with Crippen LogP contribution in [0.5, 0.6) is 0 Å². The maximum atomic E-state index is 6.67. The van der Waals surface area contributed by atoms with Crippen molar-refractivity contribution < 1.29 is 8.83 Å². The van der Waals surface area contributed by atoms with Crippen LogP contribution in [0.2, 0.25) is 0 Å². The van der Waals surface area contributed by atoms with Crippen molar-refractivity contribution in [2.75, 3.05) is 0 Å². The molecule has 2 heteroatoms. The average molecular weight is 953 g/mol. The van der Waals surface area contributed by atoms with E-state index in [4.69, 9.17) is 8.83 Å². The zero-order chi connectivity index (χ0) is 49.2. The second-order valence-electron chi connectivity index (χ2n) is 20.3. The molecule has 0 atom stereocenters. The van der Waals surface area contributed by atoms with E-state index >= 15 is 0 Å². The summed E-state index contributed by atoms with van der Waals surface area (Å²) in [5.74, 6) is 0. The molecular weight excluding hydrogens is 909 g/mol. The second kappa shape index (κ2) is 16.1. The van der Waals surface area contributed by atoms with Gasteiger partial charge in [0.05, 0.1) is 5.41 Å². The summed E-state index contributed by atoms with van der Waals surface area (Å²) in [6.07, 6.45) is 0. The molecule has 0 bridgehead atoms. The molecular formula is C73H44O2. The number of rotatable bonds is 6. The van der Waals surface area contributed by atoms with Gasteiger partial charge < -0.3 is 8.83 Å². The van der Waals surface area contributed by atoms with Gasteiger partial charge in [-0.15, -0.1) is 0 Å². The first-order valence-corrected chi connectivity index (χ1v) is 25.9.